The lowest BCUT2D eigenvalue weighted by atomic mass is 9.96. The number of aryl methyl sites for hydroxylation is 1. The third kappa shape index (κ3) is 4.31. The average Bonchev–Trinajstić information content (AvgIpc) is 3.54. The van der Waals surface area contributed by atoms with Crippen LogP contribution in [-0.2, 0) is 16.6 Å². The van der Waals surface area contributed by atoms with Gasteiger partial charge in [-0.2, -0.15) is 0 Å². The van der Waals surface area contributed by atoms with E-state index in [1.165, 1.54) is 30.5 Å². The summed E-state index contributed by atoms with van der Waals surface area (Å²) in [6, 6.07) is 8.22. The van der Waals surface area contributed by atoms with Gasteiger partial charge in [0.05, 0.1) is 13.0 Å². The molecule has 33 heavy (non-hydrogen) atoms. The van der Waals surface area contributed by atoms with Crippen molar-refractivity contribution in [3.63, 3.8) is 0 Å². The number of aromatic nitrogens is 2. The summed E-state index contributed by atoms with van der Waals surface area (Å²) < 4.78 is 5.30. The standard InChI is InChI=1S/C26H35N5O2/c1-18(2)27-16-21(19-4-6-20(33-3)7-5-19)25(32)31-14-12-30(13-15-31)24-23-22(28-17-29-24)8-9-26(23)10-11-26/h4-7,17-18,21,27H,8-16H2,1-3H3. The van der Waals surface area contributed by atoms with Crippen LogP contribution >= 0.6 is 0 Å². The van der Waals surface area contributed by atoms with Crippen molar-refractivity contribution in [3.8, 4) is 5.75 Å². The highest BCUT2D eigenvalue weighted by molar-refractivity contribution is 5.84. The van der Waals surface area contributed by atoms with Gasteiger partial charge in [-0.05, 0) is 43.4 Å². The third-order valence-electron chi connectivity index (χ3n) is 7.57. The Labute approximate surface area is 196 Å². The molecule has 1 atom stereocenters. The van der Waals surface area contributed by atoms with Crippen LogP contribution in [0.4, 0.5) is 5.82 Å². The topological polar surface area (TPSA) is 70.6 Å². The van der Waals surface area contributed by atoms with Crippen molar-refractivity contribution in [1.82, 2.24) is 20.2 Å². The second-order valence-corrected chi connectivity index (χ2v) is 10.0. The number of anilines is 1. The van der Waals surface area contributed by atoms with Gasteiger partial charge in [0.2, 0.25) is 5.91 Å². The lowest BCUT2D eigenvalue weighted by Gasteiger charge is -2.38. The number of carbonyl (C=O) groups excluding carboxylic acids is 1. The lowest BCUT2D eigenvalue weighted by molar-refractivity contribution is -0.133. The second-order valence-electron chi connectivity index (χ2n) is 10.0. The summed E-state index contributed by atoms with van der Waals surface area (Å²) in [7, 11) is 1.66. The number of methoxy groups -OCH3 is 1. The number of hydrogen-bond donors (Lipinski definition) is 1. The summed E-state index contributed by atoms with van der Waals surface area (Å²) in [5.74, 6) is 1.92. The number of fused-ring (bicyclic) bond motifs is 2. The smallest absolute Gasteiger partial charge is 0.231 e. The van der Waals surface area contributed by atoms with Crippen LogP contribution in [0.25, 0.3) is 0 Å². The van der Waals surface area contributed by atoms with Crippen LogP contribution in [0.2, 0.25) is 0 Å². The Hall–Kier alpha value is -2.67. The van der Waals surface area contributed by atoms with E-state index in [-0.39, 0.29) is 11.8 Å². The van der Waals surface area contributed by atoms with Gasteiger partial charge < -0.3 is 19.9 Å². The minimum Gasteiger partial charge on any atom is -0.497 e. The Morgan fingerprint density at radius 3 is 2.45 bits per heavy atom. The van der Waals surface area contributed by atoms with Gasteiger partial charge >= 0.3 is 0 Å². The Balaban J connectivity index is 1.29. The van der Waals surface area contributed by atoms with Gasteiger partial charge in [-0.1, -0.05) is 26.0 Å². The molecule has 1 aromatic heterocycles. The fraction of sp³-hybridized carbons (Fsp3) is 0.577. The lowest BCUT2D eigenvalue weighted by Crippen LogP contribution is -2.51. The number of rotatable bonds is 7. The molecule has 7 nitrogen and oxygen atoms in total. The summed E-state index contributed by atoms with van der Waals surface area (Å²) in [6.45, 7) is 7.93. The first-order valence-electron chi connectivity index (χ1n) is 12.3. The molecule has 1 aromatic carbocycles. The van der Waals surface area contributed by atoms with Crippen molar-refractivity contribution in [2.45, 2.75) is 56.9 Å². The summed E-state index contributed by atoms with van der Waals surface area (Å²) in [4.78, 5) is 27.3. The van der Waals surface area contributed by atoms with Crippen LogP contribution in [0.1, 0.15) is 55.8 Å². The quantitative estimate of drug-likeness (QED) is 0.701. The highest BCUT2D eigenvalue weighted by Gasteiger charge is 2.51. The Morgan fingerprint density at radius 1 is 1.09 bits per heavy atom. The molecule has 1 saturated heterocycles. The minimum absolute atomic E-state index is 0.194. The predicted molar refractivity (Wildman–Crippen MR) is 129 cm³/mol. The number of hydrogen-bond acceptors (Lipinski definition) is 6. The molecule has 2 fully saturated rings. The van der Waals surface area contributed by atoms with Crippen molar-refractivity contribution in [2.24, 2.45) is 0 Å². The van der Waals surface area contributed by atoms with Crippen LogP contribution in [0.5, 0.6) is 5.75 Å². The fourth-order valence-electron chi connectivity index (χ4n) is 5.41. The van der Waals surface area contributed by atoms with Crippen LogP contribution in [0.3, 0.4) is 0 Å². The molecule has 0 radical (unpaired) electrons. The van der Waals surface area contributed by atoms with Crippen molar-refractivity contribution >= 4 is 11.7 Å². The van der Waals surface area contributed by atoms with Crippen molar-refractivity contribution < 1.29 is 9.53 Å². The summed E-state index contributed by atoms with van der Waals surface area (Å²) in [6.07, 6.45) is 6.56. The Kier molecular flexibility index (Phi) is 5.99. The average molecular weight is 450 g/mol. The minimum atomic E-state index is -0.206. The monoisotopic (exact) mass is 449 g/mol. The normalized spacial score (nSPS) is 19.6. The van der Waals surface area contributed by atoms with Gasteiger partial charge in [-0.15, -0.1) is 0 Å². The van der Waals surface area contributed by atoms with E-state index >= 15 is 0 Å². The molecule has 1 unspecified atom stereocenters. The zero-order valence-electron chi connectivity index (χ0n) is 20.0. The van der Waals surface area contributed by atoms with E-state index < -0.39 is 0 Å². The Morgan fingerprint density at radius 2 is 1.82 bits per heavy atom. The van der Waals surface area contributed by atoms with E-state index in [4.69, 9.17) is 9.72 Å². The van der Waals surface area contributed by atoms with Gasteiger partial charge in [-0.25, -0.2) is 9.97 Å². The zero-order chi connectivity index (χ0) is 23.0. The highest BCUT2D eigenvalue weighted by atomic mass is 16.5. The summed E-state index contributed by atoms with van der Waals surface area (Å²) in [5, 5.41) is 3.47. The molecule has 2 heterocycles. The maximum Gasteiger partial charge on any atom is 0.231 e. The number of carbonyl (C=O) groups is 1. The number of benzene rings is 1. The molecule has 1 N–H and O–H groups in total. The first-order valence-corrected chi connectivity index (χ1v) is 12.3. The SMILES string of the molecule is COc1ccc(C(CNC(C)C)C(=O)N2CCN(c3ncnc4c3C3(CC4)CC3)CC2)cc1. The van der Waals surface area contributed by atoms with Gasteiger partial charge in [0.1, 0.15) is 17.9 Å². The molecule has 1 aliphatic heterocycles. The van der Waals surface area contributed by atoms with Crippen molar-refractivity contribution in [1.29, 1.82) is 0 Å². The van der Waals surface area contributed by atoms with E-state index in [1.54, 1.807) is 13.4 Å². The van der Waals surface area contributed by atoms with Gasteiger partial charge in [-0.3, -0.25) is 4.79 Å². The van der Waals surface area contributed by atoms with Gasteiger partial charge in [0.25, 0.3) is 0 Å². The van der Waals surface area contributed by atoms with Gasteiger partial charge in [0, 0.05) is 55.4 Å². The van der Waals surface area contributed by atoms with Gasteiger partial charge in [0.15, 0.2) is 0 Å². The van der Waals surface area contributed by atoms with E-state index in [2.05, 4.69) is 29.0 Å². The molecule has 2 aliphatic carbocycles. The molecule has 2 aromatic rings. The van der Waals surface area contributed by atoms with E-state index in [9.17, 15) is 4.79 Å². The maximum absolute atomic E-state index is 13.6. The molecular formula is C26H35N5O2. The molecule has 1 saturated carbocycles. The predicted octanol–water partition coefficient (Wildman–Crippen LogP) is 2.89. The molecule has 5 rings (SSSR count). The second kappa shape index (κ2) is 8.93. The number of ether oxygens (including phenoxy) is 1. The summed E-state index contributed by atoms with van der Waals surface area (Å²) in [5.41, 5.74) is 4.03. The number of nitrogens with one attached hydrogen (secondary N) is 1. The first-order chi connectivity index (χ1) is 16.0. The molecule has 176 valence electrons. The van der Waals surface area contributed by atoms with E-state index in [0.717, 1.165) is 49.7 Å². The zero-order valence-corrected chi connectivity index (χ0v) is 20.0. The molecule has 3 aliphatic rings. The van der Waals surface area contributed by atoms with Crippen LogP contribution in [0, 0.1) is 0 Å². The van der Waals surface area contributed by atoms with Crippen LogP contribution in [-0.4, -0.2) is 66.7 Å². The molecular weight excluding hydrogens is 414 g/mol. The maximum atomic E-state index is 13.6. The number of piperazine rings is 1. The number of nitrogens with zero attached hydrogens (tertiary/aromatic N) is 4. The van der Waals surface area contributed by atoms with Crippen LogP contribution < -0.4 is 15.0 Å². The van der Waals surface area contributed by atoms with Crippen LogP contribution in [0.15, 0.2) is 30.6 Å². The van der Waals surface area contributed by atoms with E-state index in [1.807, 2.05) is 29.2 Å². The first kappa shape index (κ1) is 22.1. The molecule has 0 bridgehead atoms. The largest absolute Gasteiger partial charge is 0.497 e. The number of amides is 1. The van der Waals surface area contributed by atoms with Crippen molar-refractivity contribution in [2.75, 3.05) is 44.7 Å². The molecule has 7 heteroatoms. The highest BCUT2D eigenvalue weighted by Crippen LogP contribution is 2.58. The molecule has 1 amide bonds. The van der Waals surface area contributed by atoms with E-state index in [0.29, 0.717) is 18.0 Å². The molecule has 1 spiro atoms. The third-order valence-corrected chi connectivity index (χ3v) is 7.57. The Bertz CT molecular complexity index is 994. The van der Waals surface area contributed by atoms with Crippen molar-refractivity contribution in [3.05, 3.63) is 47.4 Å². The fourth-order valence-corrected chi connectivity index (χ4v) is 5.41. The summed E-state index contributed by atoms with van der Waals surface area (Å²) >= 11 is 0.